The van der Waals surface area contributed by atoms with Crippen molar-refractivity contribution in [1.82, 2.24) is 5.32 Å². The van der Waals surface area contributed by atoms with E-state index in [9.17, 15) is 4.39 Å². The highest BCUT2D eigenvalue weighted by Gasteiger charge is 2.27. The molecule has 1 nitrogen and oxygen atoms in total. The van der Waals surface area contributed by atoms with E-state index >= 15 is 0 Å². The molecule has 3 unspecified atom stereocenters. The van der Waals surface area contributed by atoms with Gasteiger partial charge in [0, 0.05) is 12.1 Å². The molecule has 0 aliphatic heterocycles. The molecule has 0 radical (unpaired) electrons. The molecule has 1 saturated carbocycles. The summed E-state index contributed by atoms with van der Waals surface area (Å²) in [5.41, 5.74) is 1.17. The van der Waals surface area contributed by atoms with Crippen LogP contribution in [0.15, 0.2) is 24.3 Å². The summed E-state index contributed by atoms with van der Waals surface area (Å²) in [6, 6.07) is 7.73. The van der Waals surface area contributed by atoms with Crippen LogP contribution in [-0.4, -0.2) is 6.04 Å². The maximum atomic E-state index is 12.9. The van der Waals surface area contributed by atoms with Crippen LogP contribution < -0.4 is 5.32 Å². The van der Waals surface area contributed by atoms with Crippen LogP contribution in [0.1, 0.15) is 51.6 Å². The molecule has 100 valence electrons. The number of hydrogen-bond donors (Lipinski definition) is 1. The van der Waals surface area contributed by atoms with Gasteiger partial charge in [-0.3, -0.25) is 0 Å². The van der Waals surface area contributed by atoms with Crippen LogP contribution in [0.4, 0.5) is 4.39 Å². The van der Waals surface area contributed by atoms with Crippen LogP contribution in [0.3, 0.4) is 0 Å². The van der Waals surface area contributed by atoms with Gasteiger partial charge in [-0.25, -0.2) is 4.39 Å². The average molecular weight is 249 g/mol. The van der Waals surface area contributed by atoms with E-state index in [0.29, 0.717) is 12.1 Å². The Bertz CT molecular complexity index is 373. The molecule has 0 bridgehead atoms. The maximum Gasteiger partial charge on any atom is 0.123 e. The van der Waals surface area contributed by atoms with Gasteiger partial charge in [0.25, 0.3) is 0 Å². The molecule has 1 fully saturated rings. The van der Waals surface area contributed by atoms with Crippen molar-refractivity contribution in [2.45, 2.75) is 52.1 Å². The molecule has 1 aromatic rings. The minimum Gasteiger partial charge on any atom is -0.307 e. The molecule has 2 rings (SSSR count). The molecule has 0 heterocycles. The van der Waals surface area contributed by atoms with E-state index in [0.717, 1.165) is 11.8 Å². The zero-order valence-corrected chi connectivity index (χ0v) is 11.6. The third kappa shape index (κ3) is 3.11. The highest BCUT2D eigenvalue weighted by Crippen LogP contribution is 2.31. The van der Waals surface area contributed by atoms with Crippen LogP contribution in [-0.2, 0) is 0 Å². The second-order valence-corrected chi connectivity index (χ2v) is 5.81. The second-order valence-electron chi connectivity index (χ2n) is 5.81. The fourth-order valence-electron chi connectivity index (χ4n) is 2.99. The van der Waals surface area contributed by atoms with E-state index in [1.165, 1.54) is 24.8 Å². The van der Waals surface area contributed by atoms with Gasteiger partial charge in [0.05, 0.1) is 0 Å². The van der Waals surface area contributed by atoms with Crippen molar-refractivity contribution < 1.29 is 4.39 Å². The first-order valence-electron chi connectivity index (χ1n) is 7.09. The van der Waals surface area contributed by atoms with Gasteiger partial charge in [0.1, 0.15) is 5.82 Å². The SMILES string of the molecule is CC1CCCC(N[C@H](C)c2ccc(F)cc2)C1C. The fraction of sp³-hybridized carbons (Fsp3) is 0.625. The Morgan fingerprint density at radius 3 is 2.50 bits per heavy atom. The molecule has 1 aliphatic rings. The Hall–Kier alpha value is -0.890. The van der Waals surface area contributed by atoms with E-state index < -0.39 is 0 Å². The Labute approximate surface area is 110 Å². The van der Waals surface area contributed by atoms with Crippen molar-refractivity contribution in [2.75, 3.05) is 0 Å². The van der Waals surface area contributed by atoms with Gasteiger partial charge in [-0.2, -0.15) is 0 Å². The fourth-order valence-corrected chi connectivity index (χ4v) is 2.99. The largest absolute Gasteiger partial charge is 0.307 e. The lowest BCUT2D eigenvalue weighted by molar-refractivity contribution is 0.196. The lowest BCUT2D eigenvalue weighted by atomic mass is 9.77. The van der Waals surface area contributed by atoms with Crippen molar-refractivity contribution in [1.29, 1.82) is 0 Å². The quantitative estimate of drug-likeness (QED) is 0.842. The van der Waals surface area contributed by atoms with Crippen molar-refractivity contribution in [3.8, 4) is 0 Å². The molecule has 4 atom stereocenters. The predicted octanol–water partition coefficient (Wildman–Crippen LogP) is 4.30. The molecule has 2 heteroatoms. The van der Waals surface area contributed by atoms with Gasteiger partial charge in [0.2, 0.25) is 0 Å². The summed E-state index contributed by atoms with van der Waals surface area (Å²) >= 11 is 0. The standard InChI is InChI=1S/C16H24FN/c1-11-5-4-6-16(12(11)2)18-13(3)14-7-9-15(17)10-8-14/h7-13,16,18H,4-6H2,1-3H3/t11?,12?,13-,16?/m1/s1. The van der Waals surface area contributed by atoms with Gasteiger partial charge >= 0.3 is 0 Å². The number of rotatable bonds is 3. The minimum atomic E-state index is -0.161. The number of halogens is 1. The van der Waals surface area contributed by atoms with Gasteiger partial charge in [-0.1, -0.05) is 38.8 Å². The molecule has 0 saturated heterocycles. The topological polar surface area (TPSA) is 12.0 Å². The Balaban J connectivity index is 1.98. The highest BCUT2D eigenvalue weighted by atomic mass is 19.1. The monoisotopic (exact) mass is 249 g/mol. The van der Waals surface area contributed by atoms with E-state index in [1.807, 2.05) is 12.1 Å². The first-order chi connectivity index (χ1) is 8.58. The summed E-state index contributed by atoms with van der Waals surface area (Å²) in [5.74, 6) is 1.36. The van der Waals surface area contributed by atoms with Gasteiger partial charge in [-0.15, -0.1) is 0 Å². The summed E-state index contributed by atoms with van der Waals surface area (Å²) in [6.45, 7) is 6.86. The third-order valence-electron chi connectivity index (χ3n) is 4.54. The number of hydrogen-bond acceptors (Lipinski definition) is 1. The van der Waals surface area contributed by atoms with E-state index in [2.05, 4.69) is 26.1 Å². The zero-order chi connectivity index (χ0) is 13.1. The van der Waals surface area contributed by atoms with Gasteiger partial charge in [-0.05, 0) is 42.9 Å². The normalized spacial score (nSPS) is 30.1. The Morgan fingerprint density at radius 1 is 1.17 bits per heavy atom. The minimum absolute atomic E-state index is 0.161. The van der Waals surface area contributed by atoms with Crippen LogP contribution in [0.5, 0.6) is 0 Å². The molecule has 1 N–H and O–H groups in total. The number of benzene rings is 1. The zero-order valence-electron chi connectivity index (χ0n) is 11.6. The van der Waals surface area contributed by atoms with Crippen molar-refractivity contribution in [3.63, 3.8) is 0 Å². The van der Waals surface area contributed by atoms with Gasteiger partial charge in [0.15, 0.2) is 0 Å². The average Bonchev–Trinajstić information content (AvgIpc) is 2.36. The smallest absolute Gasteiger partial charge is 0.123 e. The Kier molecular flexibility index (Phi) is 4.39. The lowest BCUT2D eigenvalue weighted by Gasteiger charge is -2.36. The Morgan fingerprint density at radius 2 is 1.83 bits per heavy atom. The molecule has 18 heavy (non-hydrogen) atoms. The first kappa shape index (κ1) is 13.5. The molecular formula is C16H24FN. The van der Waals surface area contributed by atoms with Crippen molar-refractivity contribution in [2.24, 2.45) is 11.8 Å². The van der Waals surface area contributed by atoms with Gasteiger partial charge < -0.3 is 5.32 Å². The van der Waals surface area contributed by atoms with Crippen LogP contribution >= 0.6 is 0 Å². The summed E-state index contributed by atoms with van der Waals surface area (Å²) < 4.78 is 12.9. The summed E-state index contributed by atoms with van der Waals surface area (Å²) in [6.07, 6.45) is 3.93. The van der Waals surface area contributed by atoms with E-state index in [-0.39, 0.29) is 5.82 Å². The summed E-state index contributed by atoms with van der Waals surface area (Å²) in [7, 11) is 0. The van der Waals surface area contributed by atoms with Crippen LogP contribution in [0, 0.1) is 17.7 Å². The third-order valence-corrected chi connectivity index (χ3v) is 4.54. The highest BCUT2D eigenvalue weighted by molar-refractivity contribution is 5.19. The van der Waals surface area contributed by atoms with Crippen LogP contribution in [0.25, 0.3) is 0 Å². The van der Waals surface area contributed by atoms with Crippen molar-refractivity contribution >= 4 is 0 Å². The molecule has 0 spiro atoms. The summed E-state index contributed by atoms with van der Waals surface area (Å²) in [4.78, 5) is 0. The first-order valence-corrected chi connectivity index (χ1v) is 7.09. The number of nitrogens with one attached hydrogen (secondary N) is 1. The lowest BCUT2D eigenvalue weighted by Crippen LogP contribution is -2.41. The molecular weight excluding hydrogens is 225 g/mol. The molecule has 0 aromatic heterocycles. The van der Waals surface area contributed by atoms with E-state index in [4.69, 9.17) is 0 Å². The predicted molar refractivity (Wildman–Crippen MR) is 73.9 cm³/mol. The maximum absolute atomic E-state index is 12.9. The van der Waals surface area contributed by atoms with E-state index in [1.54, 1.807) is 12.1 Å². The second kappa shape index (κ2) is 5.83. The molecule has 1 aromatic carbocycles. The molecule has 1 aliphatic carbocycles. The van der Waals surface area contributed by atoms with Crippen LogP contribution in [0.2, 0.25) is 0 Å². The van der Waals surface area contributed by atoms with Crippen molar-refractivity contribution in [3.05, 3.63) is 35.6 Å². The molecule has 0 amide bonds. The summed E-state index contributed by atoms with van der Waals surface area (Å²) in [5, 5.41) is 3.71.